The third-order valence-electron chi connectivity index (χ3n) is 4.27. The molecule has 0 fully saturated rings. The second kappa shape index (κ2) is 6.02. The van der Waals surface area contributed by atoms with Crippen molar-refractivity contribution in [3.05, 3.63) is 70.0 Å². The van der Waals surface area contributed by atoms with Gasteiger partial charge in [0.1, 0.15) is 0 Å². The molecule has 3 rings (SSSR count). The first kappa shape index (κ1) is 16.1. The molecular weight excluding hydrogens is 299 g/mol. The van der Waals surface area contributed by atoms with E-state index in [0.29, 0.717) is 0 Å². The van der Waals surface area contributed by atoms with Gasteiger partial charge in [0.25, 0.3) is 0 Å². The highest BCUT2D eigenvalue weighted by atomic mass is 31.1. The van der Waals surface area contributed by atoms with Crippen molar-refractivity contribution in [3.63, 3.8) is 0 Å². The summed E-state index contributed by atoms with van der Waals surface area (Å²) in [5, 5.41) is 0. The summed E-state index contributed by atoms with van der Waals surface area (Å²) in [5.74, 6) is 0. The van der Waals surface area contributed by atoms with Gasteiger partial charge in [-0.2, -0.15) is 0 Å². The van der Waals surface area contributed by atoms with Gasteiger partial charge in [-0.15, -0.1) is 0 Å². The van der Waals surface area contributed by atoms with Crippen molar-refractivity contribution in [1.29, 1.82) is 0 Å². The normalized spacial score (nSPS) is 14.0. The van der Waals surface area contributed by atoms with E-state index >= 15 is 0 Å². The lowest BCUT2D eigenvalue weighted by atomic mass is 10.1. The summed E-state index contributed by atoms with van der Waals surface area (Å²) in [6, 6.07) is 9.04. The van der Waals surface area contributed by atoms with Gasteiger partial charge in [0.05, 0.1) is 0 Å². The van der Waals surface area contributed by atoms with Crippen molar-refractivity contribution in [3.8, 4) is 0 Å². The Morgan fingerprint density at radius 3 is 1.17 bits per heavy atom. The number of benzene rings is 2. The fraction of sp³-hybridized carbons (Fsp3) is 0.300. The van der Waals surface area contributed by atoms with Crippen LogP contribution < -0.4 is 9.34 Å². The van der Waals surface area contributed by atoms with E-state index in [2.05, 4.69) is 87.5 Å². The van der Waals surface area contributed by atoms with Crippen LogP contribution in [-0.2, 0) is 0 Å². The zero-order valence-electron chi connectivity index (χ0n) is 14.8. The van der Waals surface area contributed by atoms with Crippen molar-refractivity contribution < 1.29 is 0 Å². The summed E-state index contributed by atoms with van der Waals surface area (Å²) in [4.78, 5) is 0. The maximum Gasteiger partial charge on any atom is 0.0189 e. The lowest BCUT2D eigenvalue weighted by molar-refractivity contribution is 1.27. The monoisotopic (exact) mass is 323 g/mol. The molecule has 0 saturated heterocycles. The summed E-state index contributed by atoms with van der Waals surface area (Å²) in [6.07, 6.45) is 4.37. The average molecular weight is 323 g/mol. The zero-order chi connectivity index (χ0) is 16.7. The first-order valence-electron chi connectivity index (χ1n) is 8.01. The van der Waals surface area contributed by atoms with E-state index in [0.717, 1.165) is 8.88 Å². The molecule has 1 heterocycles. The molecule has 0 N–H and O–H groups in total. The number of rotatable bonds is 2. The largest absolute Gasteiger partial charge is 0.483 e. The summed E-state index contributed by atoms with van der Waals surface area (Å²) in [6.45, 7) is 13.1. The van der Waals surface area contributed by atoms with Crippen molar-refractivity contribution >= 4 is 20.3 Å². The van der Waals surface area contributed by atoms with Crippen LogP contribution in [0.5, 0.6) is 0 Å². The fourth-order valence-corrected chi connectivity index (χ4v) is 4.85. The maximum absolute atomic E-state index is 2.32. The van der Waals surface area contributed by atoms with E-state index in [4.69, 9.17) is 0 Å². The molecule has 0 atom stereocenters. The molecule has 3 heteroatoms. The van der Waals surface area contributed by atoms with Crippen LogP contribution >= 0.6 is 8.88 Å². The standard InChI is InChI=1S/C20H24N2P/c1-13-9-15(3)19(16(4)10-13)21-7-8-22(23-21)20-17(5)11-14(2)12-18(20)6/h7-12H,1-6H3/q-1. The lowest BCUT2D eigenvalue weighted by Crippen LogP contribution is -2.10. The SMILES string of the molecule is Cc1cc(C)c(N2C=CN(c3c(C)cc(C)cc3C)[P-]2)c(C)c1. The molecule has 1 aliphatic rings. The summed E-state index contributed by atoms with van der Waals surface area (Å²) in [7, 11) is 1.16. The van der Waals surface area contributed by atoms with Gasteiger partial charge >= 0.3 is 0 Å². The van der Waals surface area contributed by atoms with E-state index < -0.39 is 0 Å². The predicted molar refractivity (Wildman–Crippen MR) is 102 cm³/mol. The molecule has 0 amide bonds. The Bertz CT molecular complexity index is 681. The van der Waals surface area contributed by atoms with E-state index in [1.54, 1.807) is 0 Å². The molecule has 2 aromatic rings. The Balaban J connectivity index is 1.93. The maximum atomic E-state index is 2.32. The Morgan fingerprint density at radius 1 is 0.565 bits per heavy atom. The minimum atomic E-state index is 1.16. The third-order valence-corrected chi connectivity index (χ3v) is 5.32. The van der Waals surface area contributed by atoms with E-state index in [1.165, 1.54) is 44.8 Å². The summed E-state index contributed by atoms with van der Waals surface area (Å²) < 4.78 is 4.64. The first-order chi connectivity index (χ1) is 10.9. The van der Waals surface area contributed by atoms with Gasteiger partial charge in [0, 0.05) is 11.4 Å². The van der Waals surface area contributed by atoms with Gasteiger partial charge in [-0.25, -0.2) is 0 Å². The second-order valence-corrected chi connectivity index (χ2v) is 7.61. The van der Waals surface area contributed by atoms with Crippen LogP contribution in [0.2, 0.25) is 0 Å². The van der Waals surface area contributed by atoms with E-state index in [9.17, 15) is 0 Å². The Kier molecular flexibility index (Phi) is 4.21. The predicted octanol–water partition coefficient (Wildman–Crippen LogP) is 6.11. The molecule has 2 aromatic carbocycles. The molecular formula is C20H24N2P-. The highest BCUT2D eigenvalue weighted by molar-refractivity contribution is 7.43. The zero-order valence-corrected chi connectivity index (χ0v) is 15.7. The van der Waals surface area contributed by atoms with Crippen LogP contribution in [0.3, 0.4) is 0 Å². The molecule has 0 aliphatic carbocycles. The number of hydrogen-bond acceptors (Lipinski definition) is 2. The minimum Gasteiger partial charge on any atom is -0.483 e. The molecule has 120 valence electrons. The summed E-state index contributed by atoms with van der Waals surface area (Å²) in [5.41, 5.74) is 10.6. The average Bonchev–Trinajstić information content (AvgIpc) is 2.85. The van der Waals surface area contributed by atoms with Crippen LogP contribution in [0.25, 0.3) is 0 Å². The van der Waals surface area contributed by atoms with Gasteiger partial charge in [0.15, 0.2) is 0 Å². The van der Waals surface area contributed by atoms with Crippen LogP contribution in [-0.4, -0.2) is 0 Å². The molecule has 0 radical (unpaired) electrons. The number of aryl methyl sites for hydroxylation is 6. The molecule has 0 unspecified atom stereocenters. The topological polar surface area (TPSA) is 6.48 Å². The van der Waals surface area contributed by atoms with Gasteiger partial charge in [0.2, 0.25) is 0 Å². The van der Waals surface area contributed by atoms with Gasteiger partial charge in [-0.05, 0) is 76.2 Å². The molecule has 0 aromatic heterocycles. The molecule has 0 bridgehead atoms. The highest BCUT2D eigenvalue weighted by Crippen LogP contribution is 2.44. The minimum absolute atomic E-state index is 1.16. The molecule has 0 saturated carbocycles. The number of hydrogen-bond donors (Lipinski definition) is 0. The number of anilines is 2. The second-order valence-electron chi connectivity index (χ2n) is 6.57. The van der Waals surface area contributed by atoms with Crippen LogP contribution in [0.15, 0.2) is 36.7 Å². The molecule has 23 heavy (non-hydrogen) atoms. The molecule has 1 aliphatic heterocycles. The van der Waals surface area contributed by atoms with E-state index in [-0.39, 0.29) is 0 Å². The van der Waals surface area contributed by atoms with Gasteiger partial charge < -0.3 is 18.2 Å². The highest BCUT2D eigenvalue weighted by Gasteiger charge is 2.12. The van der Waals surface area contributed by atoms with Crippen LogP contribution in [0.4, 0.5) is 11.4 Å². The summed E-state index contributed by atoms with van der Waals surface area (Å²) >= 11 is 0. The van der Waals surface area contributed by atoms with Gasteiger partial charge in [-0.3, -0.25) is 0 Å². The Hall–Kier alpha value is -1.79. The van der Waals surface area contributed by atoms with Crippen molar-refractivity contribution in [2.24, 2.45) is 0 Å². The van der Waals surface area contributed by atoms with Crippen molar-refractivity contribution in [2.75, 3.05) is 9.34 Å². The molecule has 2 nitrogen and oxygen atoms in total. The first-order valence-corrected chi connectivity index (χ1v) is 8.81. The lowest BCUT2D eigenvalue weighted by Gasteiger charge is -2.40. The Morgan fingerprint density at radius 2 is 0.870 bits per heavy atom. The number of nitrogens with zero attached hydrogens (tertiary/aromatic N) is 2. The quantitative estimate of drug-likeness (QED) is 0.615. The van der Waals surface area contributed by atoms with Crippen molar-refractivity contribution in [2.45, 2.75) is 41.5 Å². The van der Waals surface area contributed by atoms with E-state index in [1.807, 2.05) is 0 Å². The van der Waals surface area contributed by atoms with Crippen molar-refractivity contribution in [1.82, 2.24) is 0 Å². The smallest absolute Gasteiger partial charge is 0.0189 e. The Labute approximate surface area is 141 Å². The fourth-order valence-electron chi connectivity index (χ4n) is 3.60. The van der Waals surface area contributed by atoms with Crippen LogP contribution in [0, 0.1) is 41.5 Å². The molecule has 0 spiro atoms. The van der Waals surface area contributed by atoms with Gasteiger partial charge in [-0.1, -0.05) is 35.4 Å². The van der Waals surface area contributed by atoms with Crippen LogP contribution in [0.1, 0.15) is 33.4 Å². The third kappa shape index (κ3) is 3.01.